The third-order valence-electron chi connectivity index (χ3n) is 4.88. The number of aryl methyl sites for hydroxylation is 2. The van der Waals surface area contributed by atoms with E-state index in [1.54, 1.807) is 18.2 Å². The van der Waals surface area contributed by atoms with Crippen LogP contribution in [0.25, 0.3) is 22.6 Å². The molecule has 0 amide bonds. The van der Waals surface area contributed by atoms with Gasteiger partial charge in [0.05, 0.1) is 23.9 Å². The molecule has 0 aliphatic carbocycles. The lowest BCUT2D eigenvalue weighted by Gasteiger charge is -2.14. The number of rotatable bonds is 3. The second-order valence-electron chi connectivity index (χ2n) is 7.04. The molecular weight excluding hydrogens is 381 g/mol. The number of ether oxygens (including phenoxy) is 1. The lowest BCUT2D eigenvalue weighted by Crippen LogP contribution is -2.21. The van der Waals surface area contributed by atoms with Crippen molar-refractivity contribution in [2.45, 2.75) is 32.9 Å². The zero-order valence-electron chi connectivity index (χ0n) is 15.7. The van der Waals surface area contributed by atoms with E-state index >= 15 is 0 Å². The van der Waals surface area contributed by atoms with Crippen molar-refractivity contribution in [3.05, 3.63) is 52.4 Å². The van der Waals surface area contributed by atoms with Gasteiger partial charge in [0.1, 0.15) is 24.4 Å². The number of halogens is 2. The van der Waals surface area contributed by atoms with Gasteiger partial charge in [-0.05, 0) is 44.2 Å². The molecule has 3 heterocycles. The van der Waals surface area contributed by atoms with E-state index in [-0.39, 0.29) is 10.8 Å². The van der Waals surface area contributed by atoms with Gasteiger partial charge in [-0.2, -0.15) is 0 Å². The number of imidazole rings is 1. The third-order valence-corrected chi connectivity index (χ3v) is 5.19. The van der Waals surface area contributed by atoms with Crippen molar-refractivity contribution in [2.24, 2.45) is 0 Å². The molecule has 0 saturated carbocycles. The van der Waals surface area contributed by atoms with Crippen molar-refractivity contribution >= 4 is 11.6 Å². The topological polar surface area (TPSA) is 60.2 Å². The summed E-state index contributed by atoms with van der Waals surface area (Å²) in [5, 5.41) is 10.0. The number of pyridine rings is 1. The van der Waals surface area contributed by atoms with Crippen molar-refractivity contribution in [3.8, 4) is 28.4 Å². The monoisotopic (exact) mass is 401 g/mol. The first-order valence-corrected chi connectivity index (χ1v) is 9.55. The van der Waals surface area contributed by atoms with Crippen LogP contribution in [0.15, 0.2) is 30.3 Å². The van der Waals surface area contributed by atoms with Crippen molar-refractivity contribution in [2.75, 3.05) is 13.3 Å². The van der Waals surface area contributed by atoms with Crippen LogP contribution in [0.5, 0.6) is 5.75 Å². The van der Waals surface area contributed by atoms with Gasteiger partial charge in [0.15, 0.2) is 0 Å². The Kier molecular flexibility index (Phi) is 5.08. The fraction of sp³-hybridized carbons (Fsp3) is 0.333. The van der Waals surface area contributed by atoms with Gasteiger partial charge in [0.25, 0.3) is 0 Å². The number of aromatic nitrogens is 3. The van der Waals surface area contributed by atoms with Crippen LogP contribution in [-0.2, 0) is 17.7 Å². The minimum atomic E-state index is -0.559. The largest absolute Gasteiger partial charge is 0.506 e. The maximum Gasteiger partial charge on any atom is 0.141 e. The first-order chi connectivity index (χ1) is 13.5. The number of phenolic OH excluding ortho intramolecular Hbond substituents is 1. The van der Waals surface area contributed by atoms with Crippen molar-refractivity contribution in [3.63, 3.8) is 0 Å². The summed E-state index contributed by atoms with van der Waals surface area (Å²) in [6, 6.07) is 8.99. The average molecular weight is 402 g/mol. The molecule has 0 bridgehead atoms. The van der Waals surface area contributed by atoms with Gasteiger partial charge in [0, 0.05) is 34.6 Å². The normalized spacial score (nSPS) is 16.6. The molecule has 1 aliphatic heterocycles. The molecule has 2 aromatic heterocycles. The number of benzene rings is 1. The Hall–Kier alpha value is -2.44. The summed E-state index contributed by atoms with van der Waals surface area (Å²) >= 11 is 6.12. The van der Waals surface area contributed by atoms with Gasteiger partial charge in [-0.15, -0.1) is 0 Å². The van der Waals surface area contributed by atoms with Crippen LogP contribution in [0, 0.1) is 13.8 Å². The van der Waals surface area contributed by atoms with Crippen LogP contribution < -0.4 is 0 Å². The highest BCUT2D eigenvalue weighted by molar-refractivity contribution is 6.32. The maximum absolute atomic E-state index is 13.4. The smallest absolute Gasteiger partial charge is 0.141 e. The molecule has 0 spiro atoms. The molecule has 0 saturated heterocycles. The summed E-state index contributed by atoms with van der Waals surface area (Å²) in [6.45, 7) is 4.15. The molecule has 1 aliphatic rings. The zero-order chi connectivity index (χ0) is 19.8. The summed E-state index contributed by atoms with van der Waals surface area (Å²) in [5.74, 6) is 0.696. The second-order valence-corrected chi connectivity index (χ2v) is 7.45. The van der Waals surface area contributed by atoms with E-state index < -0.39 is 12.8 Å². The van der Waals surface area contributed by atoms with Crippen LogP contribution in [0.4, 0.5) is 4.39 Å². The van der Waals surface area contributed by atoms with Crippen LogP contribution in [-0.4, -0.2) is 39.0 Å². The number of phenols is 1. The van der Waals surface area contributed by atoms with Gasteiger partial charge in [-0.1, -0.05) is 11.6 Å². The number of nitrogens with zero attached hydrogens (tertiary/aromatic N) is 3. The van der Waals surface area contributed by atoms with E-state index in [0.717, 1.165) is 33.9 Å². The Morgan fingerprint density at radius 3 is 2.61 bits per heavy atom. The van der Waals surface area contributed by atoms with Gasteiger partial charge in [-0.3, -0.25) is 4.98 Å². The molecule has 4 rings (SSSR count). The zero-order valence-corrected chi connectivity index (χ0v) is 16.5. The maximum atomic E-state index is 13.4. The van der Waals surface area contributed by atoms with E-state index in [2.05, 4.69) is 4.98 Å². The number of hydrogen-bond donors (Lipinski definition) is 1. The molecule has 1 aromatic carbocycles. The Labute approximate surface area is 167 Å². The number of fused-ring (bicyclic) bond motifs is 1. The van der Waals surface area contributed by atoms with Gasteiger partial charge in [-0.25, -0.2) is 9.37 Å². The summed E-state index contributed by atoms with van der Waals surface area (Å²) < 4.78 is 21.1. The Morgan fingerprint density at radius 2 is 1.93 bits per heavy atom. The minimum absolute atomic E-state index is 0.0126. The minimum Gasteiger partial charge on any atom is -0.506 e. The standard InChI is InChI=1S/C21H21ClFN3O2/c1-12-7-15(8-13(2)24-12)20-18-5-6-28-16(10-23)11-26(18)21(25-20)14-3-4-19(27)17(22)9-14/h3-4,7-9,16,27H,5-6,10-11H2,1-2H3. The molecule has 5 nitrogen and oxygen atoms in total. The third kappa shape index (κ3) is 3.50. The predicted octanol–water partition coefficient (Wildman–Crippen LogP) is 4.50. The fourth-order valence-corrected chi connectivity index (χ4v) is 3.86. The first-order valence-electron chi connectivity index (χ1n) is 9.17. The molecule has 3 aromatic rings. The van der Waals surface area contributed by atoms with Gasteiger partial charge < -0.3 is 14.4 Å². The fourth-order valence-electron chi connectivity index (χ4n) is 3.68. The molecule has 0 fully saturated rings. The van der Waals surface area contributed by atoms with Crippen molar-refractivity contribution < 1.29 is 14.2 Å². The van der Waals surface area contributed by atoms with Crippen molar-refractivity contribution in [1.82, 2.24) is 14.5 Å². The van der Waals surface area contributed by atoms with Crippen LogP contribution >= 0.6 is 11.6 Å². The van der Waals surface area contributed by atoms with E-state index in [0.29, 0.717) is 25.4 Å². The number of hydrogen-bond acceptors (Lipinski definition) is 4. The first kappa shape index (κ1) is 18.9. The Bertz CT molecular complexity index is 1010. The SMILES string of the molecule is Cc1cc(-c2nc(-c3ccc(O)c(Cl)c3)n3c2CCOC(CF)C3)cc(C)n1. The second kappa shape index (κ2) is 7.53. The van der Waals surface area contributed by atoms with E-state index in [1.165, 1.54) is 0 Å². The van der Waals surface area contributed by atoms with Crippen LogP contribution in [0.1, 0.15) is 17.1 Å². The van der Waals surface area contributed by atoms with Gasteiger partial charge >= 0.3 is 0 Å². The summed E-state index contributed by atoms with van der Waals surface area (Å²) in [7, 11) is 0. The summed E-state index contributed by atoms with van der Waals surface area (Å²) in [4.78, 5) is 9.36. The lowest BCUT2D eigenvalue weighted by molar-refractivity contribution is 0.0355. The quantitative estimate of drug-likeness (QED) is 0.702. The van der Waals surface area contributed by atoms with E-state index in [4.69, 9.17) is 21.3 Å². The highest BCUT2D eigenvalue weighted by Gasteiger charge is 2.25. The molecule has 0 radical (unpaired) electrons. The van der Waals surface area contributed by atoms with Crippen LogP contribution in [0.2, 0.25) is 5.02 Å². The molecular formula is C21H21ClFN3O2. The average Bonchev–Trinajstić information content (AvgIpc) is 2.87. The predicted molar refractivity (Wildman–Crippen MR) is 106 cm³/mol. The Morgan fingerprint density at radius 1 is 1.18 bits per heavy atom. The molecule has 1 atom stereocenters. The molecule has 7 heteroatoms. The molecule has 146 valence electrons. The number of alkyl halides is 1. The number of aromatic hydroxyl groups is 1. The summed E-state index contributed by atoms with van der Waals surface area (Å²) in [5.41, 5.74) is 5.41. The lowest BCUT2D eigenvalue weighted by atomic mass is 10.1. The Balaban J connectivity index is 1.93. The van der Waals surface area contributed by atoms with E-state index in [9.17, 15) is 9.50 Å². The highest BCUT2D eigenvalue weighted by atomic mass is 35.5. The van der Waals surface area contributed by atoms with Gasteiger partial charge in [0.2, 0.25) is 0 Å². The molecule has 28 heavy (non-hydrogen) atoms. The van der Waals surface area contributed by atoms with Crippen molar-refractivity contribution in [1.29, 1.82) is 0 Å². The summed E-state index contributed by atoms with van der Waals surface area (Å²) in [6.07, 6.45) is 0.112. The van der Waals surface area contributed by atoms with Crippen LogP contribution in [0.3, 0.4) is 0 Å². The highest BCUT2D eigenvalue weighted by Crippen LogP contribution is 2.35. The van der Waals surface area contributed by atoms with E-state index in [1.807, 2.05) is 30.5 Å². The molecule has 1 N–H and O–H groups in total. The molecule has 1 unspecified atom stereocenters.